The van der Waals surface area contributed by atoms with Gasteiger partial charge in [-0.3, -0.25) is 0 Å². The van der Waals surface area contributed by atoms with Crippen LogP contribution in [0.15, 0.2) is 0 Å². The van der Waals surface area contributed by atoms with Crippen molar-refractivity contribution in [3.05, 3.63) is 6.42 Å². The molecule has 0 radical (unpaired) electrons. The molecule has 6 heavy (non-hydrogen) atoms. The molecule has 0 heterocycles. The molecule has 0 aromatic heterocycles. The van der Waals surface area contributed by atoms with Gasteiger partial charge in [0.05, 0.1) is 0 Å². The van der Waals surface area contributed by atoms with Crippen molar-refractivity contribution in [1.29, 1.82) is 0 Å². The Morgan fingerprint density at radius 3 is 2.00 bits per heavy atom. The minimum absolute atomic E-state index is 0. The fraction of sp³-hybridized carbons (Fsp3) is 0.600. The van der Waals surface area contributed by atoms with Gasteiger partial charge in [0.2, 0.25) is 0 Å². The first-order valence-electron chi connectivity index (χ1n) is 1.86. The van der Waals surface area contributed by atoms with Gasteiger partial charge in [-0.05, 0) is 18.8 Å². The van der Waals surface area contributed by atoms with Gasteiger partial charge in [-0.2, -0.15) is 0 Å². The van der Waals surface area contributed by atoms with Crippen LogP contribution >= 0.6 is 0 Å². The smallest absolute Gasteiger partial charge is 0.693 e. The fourth-order valence-corrected chi connectivity index (χ4v) is 0.228. The molecule has 0 nitrogen and oxygen atoms in total. The molecule has 0 aromatic carbocycles. The summed E-state index contributed by atoms with van der Waals surface area (Å²) in [5.41, 5.74) is 0. The summed E-state index contributed by atoms with van der Waals surface area (Å²) in [6.45, 7) is 0. The van der Waals surface area contributed by atoms with E-state index in [2.05, 4.69) is 5.92 Å². The van der Waals surface area contributed by atoms with Crippen LogP contribution in [0, 0.1) is 18.3 Å². The van der Waals surface area contributed by atoms with Gasteiger partial charge in [0.25, 0.3) is 0 Å². The topological polar surface area (TPSA) is 0 Å². The maximum absolute atomic E-state index is 6.47. The van der Waals surface area contributed by atoms with Crippen LogP contribution in [-0.2, 0) is 22.4 Å². The van der Waals surface area contributed by atoms with Crippen LogP contribution < -0.4 is 0 Å². The maximum Gasteiger partial charge on any atom is 1.00 e. The summed E-state index contributed by atoms with van der Waals surface area (Å²) < 4.78 is 0. The van der Waals surface area contributed by atoms with Gasteiger partial charge in [-0.25, -0.2) is 0 Å². The Hall–Kier alpha value is 0.300. The molecular weight excluding hydrogens is 168 g/mol. The zero-order chi connectivity index (χ0) is 3.70. The fourth-order valence-electron chi connectivity index (χ4n) is 0.228. The maximum atomic E-state index is 6.47. The summed E-state index contributed by atoms with van der Waals surface area (Å²) in [6, 6.07) is 0. The van der Waals surface area contributed by atoms with E-state index >= 15 is 0 Å². The monoisotopic (exact) mass is 172 g/mol. The predicted octanol–water partition coefficient (Wildman–Crippen LogP) is 0.984. The van der Waals surface area contributed by atoms with Crippen molar-refractivity contribution in [2.24, 2.45) is 5.92 Å². The Balaban J connectivity index is 0.000000250. The number of rotatable bonds is 0. The molecule has 0 N–H and O–H groups in total. The van der Waals surface area contributed by atoms with Crippen molar-refractivity contribution < 1.29 is 22.4 Å². The first-order chi connectivity index (χ1) is 2.43. The Bertz CT molecular complexity index is 66.5. The van der Waals surface area contributed by atoms with Gasteiger partial charge in [-0.1, -0.05) is 0 Å². The minimum atomic E-state index is 0. The van der Waals surface area contributed by atoms with Crippen LogP contribution in [0.5, 0.6) is 0 Å². The predicted molar refractivity (Wildman–Crippen MR) is 19.9 cm³/mol. The number of hydrogen-bond acceptors (Lipinski definition) is 0. The van der Waals surface area contributed by atoms with E-state index in [-0.39, 0.29) is 22.4 Å². The van der Waals surface area contributed by atoms with Crippen LogP contribution in [0.4, 0.5) is 0 Å². The zero-order valence-corrected chi connectivity index (χ0v) is 4.78. The SMILES string of the molecule is [Ag+].[C-]#CC1CC1. The van der Waals surface area contributed by atoms with Gasteiger partial charge >= 0.3 is 22.4 Å². The third kappa shape index (κ3) is 1.67. The van der Waals surface area contributed by atoms with Crippen molar-refractivity contribution in [3.63, 3.8) is 0 Å². The molecule has 1 rings (SSSR count). The molecule has 0 amide bonds. The molecule has 36 valence electrons. The average Bonchev–Trinajstić information content (AvgIpc) is 2.12. The Morgan fingerprint density at radius 2 is 2.00 bits per heavy atom. The number of hydrogen-bond donors (Lipinski definition) is 0. The van der Waals surface area contributed by atoms with E-state index in [1.807, 2.05) is 0 Å². The molecule has 1 aliphatic carbocycles. The summed E-state index contributed by atoms with van der Waals surface area (Å²) in [7, 11) is 0. The summed E-state index contributed by atoms with van der Waals surface area (Å²) in [5.74, 6) is 2.94. The average molecular weight is 173 g/mol. The molecule has 1 fully saturated rings. The van der Waals surface area contributed by atoms with Gasteiger partial charge in [0.1, 0.15) is 0 Å². The zero-order valence-electron chi connectivity index (χ0n) is 3.29. The van der Waals surface area contributed by atoms with E-state index in [4.69, 9.17) is 6.42 Å². The molecule has 0 atom stereocenters. The third-order valence-electron chi connectivity index (χ3n) is 0.781. The molecular formula is C5H5Ag. The van der Waals surface area contributed by atoms with E-state index in [0.29, 0.717) is 5.92 Å². The van der Waals surface area contributed by atoms with Gasteiger partial charge in [0, 0.05) is 0 Å². The molecule has 0 spiro atoms. The second-order valence-corrected chi connectivity index (χ2v) is 1.42. The Labute approximate surface area is 53.8 Å². The molecule has 0 aromatic rings. The molecule has 0 saturated heterocycles. The van der Waals surface area contributed by atoms with E-state index in [9.17, 15) is 0 Å². The quantitative estimate of drug-likeness (QED) is 0.291. The van der Waals surface area contributed by atoms with Crippen LogP contribution in [-0.4, -0.2) is 0 Å². The van der Waals surface area contributed by atoms with E-state index in [0.717, 1.165) is 0 Å². The second kappa shape index (κ2) is 2.47. The molecule has 1 heteroatoms. The van der Waals surface area contributed by atoms with Crippen molar-refractivity contribution in [1.82, 2.24) is 0 Å². The van der Waals surface area contributed by atoms with Gasteiger partial charge in [0.15, 0.2) is 0 Å². The normalized spacial score (nSPS) is 17.8. The van der Waals surface area contributed by atoms with Crippen LogP contribution in [0.1, 0.15) is 12.8 Å². The van der Waals surface area contributed by atoms with Gasteiger partial charge < -0.3 is 12.3 Å². The Kier molecular flexibility index (Phi) is 2.59. The van der Waals surface area contributed by atoms with E-state index in [1.54, 1.807) is 0 Å². The van der Waals surface area contributed by atoms with Crippen molar-refractivity contribution in [2.75, 3.05) is 0 Å². The van der Waals surface area contributed by atoms with Crippen LogP contribution in [0.25, 0.3) is 0 Å². The van der Waals surface area contributed by atoms with E-state index < -0.39 is 0 Å². The van der Waals surface area contributed by atoms with Crippen molar-refractivity contribution >= 4 is 0 Å². The first-order valence-corrected chi connectivity index (χ1v) is 1.86. The largest absolute Gasteiger partial charge is 1.00 e. The molecule has 0 bridgehead atoms. The van der Waals surface area contributed by atoms with E-state index in [1.165, 1.54) is 12.8 Å². The van der Waals surface area contributed by atoms with Crippen molar-refractivity contribution in [3.8, 4) is 5.92 Å². The summed E-state index contributed by atoms with van der Waals surface area (Å²) in [5, 5.41) is 0. The standard InChI is InChI=1S/C5H5.Ag/c1-2-5-3-4-5;/h5H,3-4H2;/q-1;+1. The van der Waals surface area contributed by atoms with Crippen molar-refractivity contribution in [2.45, 2.75) is 12.8 Å². The molecule has 0 unspecified atom stereocenters. The molecule has 1 saturated carbocycles. The summed E-state index contributed by atoms with van der Waals surface area (Å²) in [4.78, 5) is 0. The van der Waals surface area contributed by atoms with Gasteiger partial charge in [-0.15, -0.1) is 0 Å². The summed E-state index contributed by atoms with van der Waals surface area (Å²) in [6.07, 6.45) is 8.89. The Morgan fingerprint density at radius 1 is 1.50 bits per heavy atom. The third-order valence-corrected chi connectivity index (χ3v) is 0.781. The minimum Gasteiger partial charge on any atom is -0.693 e. The molecule has 0 aliphatic heterocycles. The van der Waals surface area contributed by atoms with Crippen LogP contribution in [0.2, 0.25) is 0 Å². The molecule has 1 aliphatic rings. The first kappa shape index (κ1) is 6.30. The second-order valence-electron chi connectivity index (χ2n) is 1.42. The van der Waals surface area contributed by atoms with Crippen LogP contribution in [0.3, 0.4) is 0 Å². The summed E-state index contributed by atoms with van der Waals surface area (Å²) >= 11 is 0.